The molecule has 2 aromatic rings. The highest BCUT2D eigenvalue weighted by Gasteiger charge is 2.13. The molecule has 0 aliphatic heterocycles. The van der Waals surface area contributed by atoms with Crippen LogP contribution in [0.15, 0.2) is 24.3 Å². The van der Waals surface area contributed by atoms with Gasteiger partial charge in [-0.1, -0.05) is 0 Å². The van der Waals surface area contributed by atoms with Crippen molar-refractivity contribution in [3.05, 3.63) is 30.0 Å². The smallest absolute Gasteiger partial charge is 0.267 e. The molecule has 5 nitrogen and oxygen atoms in total. The van der Waals surface area contributed by atoms with Gasteiger partial charge in [0.05, 0.1) is 7.11 Å². The van der Waals surface area contributed by atoms with Gasteiger partial charge >= 0.3 is 0 Å². The van der Waals surface area contributed by atoms with Crippen LogP contribution >= 0.6 is 0 Å². The van der Waals surface area contributed by atoms with Gasteiger partial charge in [-0.2, -0.15) is 0 Å². The molecular weight excluding hydrogens is 242 g/mol. The van der Waals surface area contributed by atoms with E-state index < -0.39 is 0 Å². The zero-order valence-corrected chi connectivity index (χ0v) is 11.3. The third-order valence-electron chi connectivity index (χ3n) is 3.15. The van der Waals surface area contributed by atoms with Crippen LogP contribution in [0.3, 0.4) is 0 Å². The van der Waals surface area contributed by atoms with Crippen LogP contribution in [-0.4, -0.2) is 30.7 Å². The molecule has 3 N–H and O–H groups in total. The van der Waals surface area contributed by atoms with Gasteiger partial charge in [-0.15, -0.1) is 0 Å². The number of aromatic nitrogens is 1. The van der Waals surface area contributed by atoms with Crippen LogP contribution in [-0.2, 0) is 7.05 Å². The van der Waals surface area contributed by atoms with Crippen molar-refractivity contribution in [3.63, 3.8) is 0 Å². The predicted molar refractivity (Wildman–Crippen MR) is 75.5 cm³/mol. The first-order valence-corrected chi connectivity index (χ1v) is 6.29. The molecule has 0 radical (unpaired) electrons. The fourth-order valence-electron chi connectivity index (χ4n) is 2.07. The van der Waals surface area contributed by atoms with Crippen LogP contribution in [0.5, 0.6) is 5.75 Å². The van der Waals surface area contributed by atoms with Gasteiger partial charge in [0, 0.05) is 24.5 Å². The van der Waals surface area contributed by atoms with Crippen LogP contribution in [0.4, 0.5) is 0 Å². The number of hydrogen-bond donors (Lipinski definition) is 2. The van der Waals surface area contributed by atoms with Crippen molar-refractivity contribution in [2.75, 3.05) is 20.2 Å². The third-order valence-corrected chi connectivity index (χ3v) is 3.15. The lowest BCUT2D eigenvalue weighted by molar-refractivity contribution is 0.0946. The normalized spacial score (nSPS) is 10.7. The van der Waals surface area contributed by atoms with Gasteiger partial charge in [0.1, 0.15) is 11.4 Å². The largest absolute Gasteiger partial charge is 0.497 e. The zero-order valence-electron chi connectivity index (χ0n) is 11.3. The number of amides is 1. The Balaban J connectivity index is 2.28. The van der Waals surface area contributed by atoms with Crippen molar-refractivity contribution in [2.45, 2.75) is 6.42 Å². The highest BCUT2D eigenvalue weighted by Crippen LogP contribution is 2.23. The first-order valence-electron chi connectivity index (χ1n) is 6.29. The molecule has 0 fully saturated rings. The first kappa shape index (κ1) is 13.4. The van der Waals surface area contributed by atoms with E-state index in [1.54, 1.807) is 7.11 Å². The maximum Gasteiger partial charge on any atom is 0.267 e. The van der Waals surface area contributed by atoms with E-state index >= 15 is 0 Å². The number of carbonyl (C=O) groups is 1. The van der Waals surface area contributed by atoms with E-state index in [-0.39, 0.29) is 5.91 Å². The molecule has 0 aliphatic carbocycles. The van der Waals surface area contributed by atoms with E-state index in [9.17, 15) is 4.79 Å². The summed E-state index contributed by atoms with van der Waals surface area (Å²) in [7, 11) is 3.51. The molecule has 0 spiro atoms. The summed E-state index contributed by atoms with van der Waals surface area (Å²) in [5.41, 5.74) is 7.05. The van der Waals surface area contributed by atoms with Crippen LogP contribution in [0.1, 0.15) is 16.9 Å². The Morgan fingerprint density at radius 2 is 2.21 bits per heavy atom. The second kappa shape index (κ2) is 5.75. The van der Waals surface area contributed by atoms with Gasteiger partial charge in [0.2, 0.25) is 0 Å². The number of nitrogens with two attached hydrogens (primary N) is 1. The molecule has 1 amide bonds. The first-order chi connectivity index (χ1) is 9.17. The van der Waals surface area contributed by atoms with Crippen LogP contribution in [0.25, 0.3) is 10.9 Å². The minimum absolute atomic E-state index is 0.0777. The number of nitrogens with one attached hydrogen (secondary N) is 1. The number of rotatable bonds is 5. The summed E-state index contributed by atoms with van der Waals surface area (Å²) < 4.78 is 7.07. The molecule has 0 atom stereocenters. The summed E-state index contributed by atoms with van der Waals surface area (Å²) in [6, 6.07) is 7.63. The van der Waals surface area contributed by atoms with Gasteiger partial charge in [0.25, 0.3) is 5.91 Å². The second-order valence-electron chi connectivity index (χ2n) is 4.41. The Kier molecular flexibility index (Phi) is 4.06. The molecule has 1 aromatic carbocycles. The van der Waals surface area contributed by atoms with E-state index in [1.807, 2.05) is 35.9 Å². The van der Waals surface area contributed by atoms with E-state index in [0.717, 1.165) is 23.1 Å². The molecule has 19 heavy (non-hydrogen) atoms. The van der Waals surface area contributed by atoms with Gasteiger partial charge < -0.3 is 20.4 Å². The number of fused-ring (bicyclic) bond motifs is 1. The maximum atomic E-state index is 12.1. The second-order valence-corrected chi connectivity index (χ2v) is 4.41. The van der Waals surface area contributed by atoms with Gasteiger partial charge in [-0.05, 0) is 37.2 Å². The highest BCUT2D eigenvalue weighted by atomic mass is 16.5. The Hall–Kier alpha value is -2.01. The van der Waals surface area contributed by atoms with Crippen molar-refractivity contribution < 1.29 is 9.53 Å². The molecule has 2 rings (SSSR count). The molecule has 0 saturated carbocycles. The predicted octanol–water partition coefficient (Wildman–Crippen LogP) is 1.27. The van der Waals surface area contributed by atoms with Crippen molar-refractivity contribution in [3.8, 4) is 5.75 Å². The molecule has 0 aliphatic rings. The quantitative estimate of drug-likeness (QED) is 0.796. The lowest BCUT2D eigenvalue weighted by atomic mass is 10.2. The molecule has 5 heteroatoms. The van der Waals surface area contributed by atoms with E-state index in [0.29, 0.717) is 18.8 Å². The SMILES string of the molecule is COc1ccc2c(c1)cc(C(=O)NCCCN)n2C. The fraction of sp³-hybridized carbons (Fsp3) is 0.357. The van der Waals surface area contributed by atoms with Crippen molar-refractivity contribution >= 4 is 16.8 Å². The minimum Gasteiger partial charge on any atom is -0.497 e. The summed E-state index contributed by atoms with van der Waals surface area (Å²) in [5.74, 6) is 0.708. The number of aryl methyl sites for hydroxylation is 1. The molecule has 0 unspecified atom stereocenters. The van der Waals surface area contributed by atoms with E-state index in [2.05, 4.69) is 5.32 Å². The number of carbonyl (C=O) groups excluding carboxylic acids is 1. The summed E-state index contributed by atoms with van der Waals surface area (Å²) in [5, 5.41) is 3.85. The number of nitrogens with zero attached hydrogens (tertiary/aromatic N) is 1. The lowest BCUT2D eigenvalue weighted by Crippen LogP contribution is -2.27. The maximum absolute atomic E-state index is 12.1. The monoisotopic (exact) mass is 261 g/mol. The third kappa shape index (κ3) is 2.71. The van der Waals surface area contributed by atoms with Crippen molar-refractivity contribution in [1.82, 2.24) is 9.88 Å². The van der Waals surface area contributed by atoms with Gasteiger partial charge in [-0.3, -0.25) is 4.79 Å². The highest BCUT2D eigenvalue weighted by molar-refractivity contribution is 5.99. The Bertz CT molecular complexity index is 590. The number of hydrogen-bond acceptors (Lipinski definition) is 3. The van der Waals surface area contributed by atoms with Crippen LogP contribution in [0.2, 0.25) is 0 Å². The number of ether oxygens (including phenoxy) is 1. The number of methoxy groups -OCH3 is 1. The molecule has 1 aromatic heterocycles. The summed E-state index contributed by atoms with van der Waals surface area (Å²) >= 11 is 0. The Morgan fingerprint density at radius 1 is 1.42 bits per heavy atom. The fourth-order valence-corrected chi connectivity index (χ4v) is 2.07. The summed E-state index contributed by atoms with van der Waals surface area (Å²) in [6.45, 7) is 1.17. The van der Waals surface area contributed by atoms with Gasteiger partial charge in [-0.25, -0.2) is 0 Å². The standard InChI is InChI=1S/C14H19N3O2/c1-17-12-5-4-11(19-2)8-10(12)9-13(17)14(18)16-7-3-6-15/h4-5,8-9H,3,6-7,15H2,1-2H3,(H,16,18). The topological polar surface area (TPSA) is 69.3 Å². The lowest BCUT2D eigenvalue weighted by Gasteiger charge is -2.05. The Morgan fingerprint density at radius 3 is 2.89 bits per heavy atom. The summed E-state index contributed by atoms with van der Waals surface area (Å²) in [6.07, 6.45) is 0.781. The molecule has 102 valence electrons. The van der Waals surface area contributed by atoms with Crippen molar-refractivity contribution in [2.24, 2.45) is 12.8 Å². The minimum atomic E-state index is -0.0777. The average Bonchev–Trinajstić information content (AvgIpc) is 2.75. The Labute approximate surface area is 112 Å². The zero-order chi connectivity index (χ0) is 13.8. The number of benzene rings is 1. The van der Waals surface area contributed by atoms with E-state index in [4.69, 9.17) is 10.5 Å². The molecule has 1 heterocycles. The molecular formula is C14H19N3O2. The molecule has 0 bridgehead atoms. The molecule has 0 saturated heterocycles. The average molecular weight is 261 g/mol. The van der Waals surface area contributed by atoms with E-state index in [1.165, 1.54) is 0 Å². The summed E-state index contributed by atoms with van der Waals surface area (Å²) in [4.78, 5) is 12.1. The van der Waals surface area contributed by atoms with Crippen molar-refractivity contribution in [1.29, 1.82) is 0 Å². The van der Waals surface area contributed by atoms with Crippen LogP contribution < -0.4 is 15.8 Å². The van der Waals surface area contributed by atoms with Gasteiger partial charge in [0.15, 0.2) is 0 Å². The van der Waals surface area contributed by atoms with Crippen LogP contribution in [0, 0.1) is 0 Å².